The Kier molecular flexibility index (Phi) is 5.64. The quantitative estimate of drug-likeness (QED) is 0.699. The number of carbonyl (C=O) groups excluding carboxylic acids is 1. The predicted octanol–water partition coefficient (Wildman–Crippen LogP) is 4.43. The zero-order chi connectivity index (χ0) is 19.4. The van der Waals surface area contributed by atoms with E-state index in [4.69, 9.17) is 0 Å². The first kappa shape index (κ1) is 18.8. The van der Waals surface area contributed by atoms with Crippen molar-refractivity contribution in [3.05, 3.63) is 70.9 Å². The Bertz CT molecular complexity index is 956. The van der Waals surface area contributed by atoms with Crippen LogP contribution in [0.15, 0.2) is 48.5 Å². The molecule has 3 rings (SSSR count). The van der Waals surface area contributed by atoms with E-state index in [1.807, 2.05) is 38.1 Å². The first-order chi connectivity index (χ1) is 12.9. The standard InChI is InChI=1S/C21H20F2N2O2/c1-13-3-6-16-12-18(14(2)25-19(16)11-13)20(26)24-10-9-15-4-7-17(8-5-15)27-21(22)23/h3-8,11-12,21H,9-10H2,1-2H3,(H,24,26). The van der Waals surface area contributed by atoms with Crippen molar-refractivity contribution in [2.45, 2.75) is 26.9 Å². The summed E-state index contributed by atoms with van der Waals surface area (Å²) in [6, 6.07) is 14.2. The Morgan fingerprint density at radius 3 is 2.56 bits per heavy atom. The second-order valence-corrected chi connectivity index (χ2v) is 6.35. The Morgan fingerprint density at radius 2 is 1.85 bits per heavy atom. The van der Waals surface area contributed by atoms with E-state index in [0.29, 0.717) is 24.2 Å². The number of aromatic nitrogens is 1. The molecular weight excluding hydrogens is 350 g/mol. The van der Waals surface area contributed by atoms with E-state index in [2.05, 4.69) is 15.0 Å². The van der Waals surface area contributed by atoms with E-state index >= 15 is 0 Å². The molecule has 0 saturated heterocycles. The monoisotopic (exact) mass is 370 g/mol. The highest BCUT2D eigenvalue weighted by Crippen LogP contribution is 2.18. The molecule has 4 nitrogen and oxygen atoms in total. The summed E-state index contributed by atoms with van der Waals surface area (Å²) in [6.07, 6.45) is 0.583. The summed E-state index contributed by atoms with van der Waals surface area (Å²) in [5, 5.41) is 3.80. The minimum Gasteiger partial charge on any atom is -0.435 e. The molecule has 0 fully saturated rings. The predicted molar refractivity (Wildman–Crippen MR) is 100 cm³/mol. The fourth-order valence-electron chi connectivity index (χ4n) is 2.86. The van der Waals surface area contributed by atoms with Gasteiger partial charge in [0.15, 0.2) is 0 Å². The van der Waals surface area contributed by atoms with Crippen molar-refractivity contribution < 1.29 is 18.3 Å². The van der Waals surface area contributed by atoms with Crippen molar-refractivity contribution in [2.75, 3.05) is 6.54 Å². The average Bonchev–Trinajstić information content (AvgIpc) is 2.62. The van der Waals surface area contributed by atoms with E-state index in [1.165, 1.54) is 12.1 Å². The maximum Gasteiger partial charge on any atom is 0.387 e. The number of hydrogen-bond acceptors (Lipinski definition) is 3. The number of benzene rings is 2. The Labute approximate surface area is 156 Å². The average molecular weight is 370 g/mol. The lowest BCUT2D eigenvalue weighted by atomic mass is 10.1. The number of ether oxygens (including phenoxy) is 1. The smallest absolute Gasteiger partial charge is 0.387 e. The number of nitrogens with zero attached hydrogens (tertiary/aromatic N) is 1. The number of rotatable bonds is 6. The van der Waals surface area contributed by atoms with Crippen molar-refractivity contribution in [2.24, 2.45) is 0 Å². The molecule has 0 radical (unpaired) electrons. The van der Waals surface area contributed by atoms with E-state index < -0.39 is 6.61 Å². The van der Waals surface area contributed by atoms with Crippen LogP contribution in [0.5, 0.6) is 5.75 Å². The highest BCUT2D eigenvalue weighted by molar-refractivity contribution is 5.98. The van der Waals surface area contributed by atoms with Crippen LogP contribution in [0.1, 0.15) is 27.2 Å². The van der Waals surface area contributed by atoms with Crippen LogP contribution in [-0.2, 0) is 6.42 Å². The molecule has 0 saturated carbocycles. The topological polar surface area (TPSA) is 51.2 Å². The molecule has 0 aliphatic carbocycles. The minimum atomic E-state index is -2.84. The summed E-state index contributed by atoms with van der Waals surface area (Å²) in [5.41, 5.74) is 4.14. The Morgan fingerprint density at radius 1 is 1.11 bits per heavy atom. The van der Waals surface area contributed by atoms with Crippen molar-refractivity contribution in [3.63, 3.8) is 0 Å². The van der Waals surface area contributed by atoms with Gasteiger partial charge in [-0.1, -0.05) is 24.3 Å². The molecule has 2 aromatic carbocycles. The van der Waals surface area contributed by atoms with Gasteiger partial charge in [-0.2, -0.15) is 8.78 Å². The molecule has 140 valence electrons. The summed E-state index contributed by atoms with van der Waals surface area (Å²) >= 11 is 0. The Balaban J connectivity index is 1.61. The van der Waals surface area contributed by atoms with Crippen LogP contribution in [0.2, 0.25) is 0 Å². The van der Waals surface area contributed by atoms with Crippen molar-refractivity contribution in [3.8, 4) is 5.75 Å². The third-order valence-corrected chi connectivity index (χ3v) is 4.26. The second-order valence-electron chi connectivity index (χ2n) is 6.35. The number of aryl methyl sites for hydroxylation is 2. The summed E-state index contributed by atoms with van der Waals surface area (Å²) < 4.78 is 28.6. The number of hydrogen-bond donors (Lipinski definition) is 1. The van der Waals surface area contributed by atoms with Gasteiger partial charge in [0, 0.05) is 11.9 Å². The normalized spacial score (nSPS) is 11.0. The number of carbonyl (C=O) groups is 1. The van der Waals surface area contributed by atoms with Gasteiger partial charge in [-0.05, 0) is 55.7 Å². The van der Waals surface area contributed by atoms with Gasteiger partial charge < -0.3 is 10.1 Å². The second kappa shape index (κ2) is 8.12. The van der Waals surface area contributed by atoms with Gasteiger partial charge in [0.2, 0.25) is 0 Å². The van der Waals surface area contributed by atoms with Gasteiger partial charge in [-0.15, -0.1) is 0 Å². The number of fused-ring (bicyclic) bond motifs is 1. The Hall–Kier alpha value is -3.02. The van der Waals surface area contributed by atoms with E-state index in [9.17, 15) is 13.6 Å². The molecule has 0 aliphatic heterocycles. The summed E-state index contributed by atoms with van der Waals surface area (Å²) in [5.74, 6) is -0.0639. The van der Waals surface area contributed by atoms with Crippen LogP contribution in [0, 0.1) is 13.8 Å². The number of nitrogens with one attached hydrogen (secondary N) is 1. The lowest BCUT2D eigenvalue weighted by molar-refractivity contribution is -0.0498. The lowest BCUT2D eigenvalue weighted by Gasteiger charge is -2.10. The fourth-order valence-corrected chi connectivity index (χ4v) is 2.86. The number of halogens is 2. The maximum absolute atomic E-state index is 12.5. The molecule has 1 amide bonds. The number of pyridine rings is 1. The van der Waals surface area contributed by atoms with E-state index in [0.717, 1.165) is 22.0 Å². The highest BCUT2D eigenvalue weighted by atomic mass is 19.3. The number of alkyl halides is 2. The van der Waals surface area contributed by atoms with Gasteiger partial charge in [-0.3, -0.25) is 9.78 Å². The SMILES string of the molecule is Cc1ccc2cc(C(=O)NCCc3ccc(OC(F)F)cc3)c(C)nc2c1. The van der Waals surface area contributed by atoms with Gasteiger partial charge >= 0.3 is 6.61 Å². The van der Waals surface area contributed by atoms with Crippen LogP contribution < -0.4 is 10.1 Å². The molecule has 0 aliphatic rings. The van der Waals surface area contributed by atoms with Crippen LogP contribution in [0.25, 0.3) is 10.9 Å². The van der Waals surface area contributed by atoms with E-state index in [1.54, 1.807) is 12.1 Å². The summed E-state index contributed by atoms with van der Waals surface area (Å²) in [6.45, 7) is 1.42. The molecule has 27 heavy (non-hydrogen) atoms. The first-order valence-electron chi connectivity index (χ1n) is 8.62. The molecule has 6 heteroatoms. The van der Waals surface area contributed by atoms with Crippen molar-refractivity contribution in [1.29, 1.82) is 0 Å². The summed E-state index contributed by atoms with van der Waals surface area (Å²) in [7, 11) is 0. The maximum atomic E-state index is 12.5. The molecular formula is C21H20F2N2O2. The first-order valence-corrected chi connectivity index (χ1v) is 8.62. The fraction of sp³-hybridized carbons (Fsp3) is 0.238. The lowest BCUT2D eigenvalue weighted by Crippen LogP contribution is -2.26. The van der Waals surface area contributed by atoms with Crippen LogP contribution >= 0.6 is 0 Å². The van der Waals surface area contributed by atoms with Gasteiger partial charge in [0.05, 0.1) is 16.8 Å². The molecule has 1 heterocycles. The van der Waals surface area contributed by atoms with Crippen LogP contribution in [-0.4, -0.2) is 24.0 Å². The highest BCUT2D eigenvalue weighted by Gasteiger charge is 2.11. The zero-order valence-corrected chi connectivity index (χ0v) is 15.1. The van der Waals surface area contributed by atoms with Crippen molar-refractivity contribution in [1.82, 2.24) is 10.3 Å². The van der Waals surface area contributed by atoms with E-state index in [-0.39, 0.29) is 11.7 Å². The molecule has 1 N–H and O–H groups in total. The third-order valence-electron chi connectivity index (χ3n) is 4.26. The van der Waals surface area contributed by atoms with Gasteiger partial charge in [-0.25, -0.2) is 0 Å². The molecule has 0 unspecified atom stereocenters. The third kappa shape index (κ3) is 4.78. The largest absolute Gasteiger partial charge is 0.435 e. The van der Waals surface area contributed by atoms with Crippen LogP contribution in [0.3, 0.4) is 0 Å². The zero-order valence-electron chi connectivity index (χ0n) is 15.1. The minimum absolute atomic E-state index is 0.117. The van der Waals surface area contributed by atoms with Gasteiger partial charge in [0.1, 0.15) is 5.75 Å². The summed E-state index contributed by atoms with van der Waals surface area (Å²) in [4.78, 5) is 17.0. The molecule has 0 atom stereocenters. The molecule has 0 spiro atoms. The molecule has 1 aromatic heterocycles. The molecule has 0 bridgehead atoms. The van der Waals surface area contributed by atoms with Crippen molar-refractivity contribution >= 4 is 16.8 Å². The van der Waals surface area contributed by atoms with Gasteiger partial charge in [0.25, 0.3) is 5.91 Å². The van der Waals surface area contributed by atoms with Crippen LogP contribution in [0.4, 0.5) is 8.78 Å². The molecule has 3 aromatic rings. The number of amides is 1.